The van der Waals surface area contributed by atoms with Crippen molar-refractivity contribution in [2.45, 2.75) is 6.92 Å². The molecule has 0 heterocycles. The molecule has 2 amide bonds. The molecule has 0 aliphatic heterocycles. The van der Waals surface area contributed by atoms with Crippen LogP contribution >= 0.6 is 0 Å². The van der Waals surface area contributed by atoms with E-state index < -0.39 is 11.8 Å². The molecule has 2 N–H and O–H groups in total. The molecule has 7 heteroatoms. The summed E-state index contributed by atoms with van der Waals surface area (Å²) in [6, 6.07) is 11.3. The summed E-state index contributed by atoms with van der Waals surface area (Å²) in [5.74, 6) is 0.705. The molecule has 0 unspecified atom stereocenters. The number of hydrogen-bond acceptors (Lipinski definition) is 5. The van der Waals surface area contributed by atoms with Crippen molar-refractivity contribution in [2.24, 2.45) is 0 Å². The highest BCUT2D eigenvalue weighted by atomic mass is 16.5. The fraction of sp³-hybridized carbons (Fsp3) is 0.222. The van der Waals surface area contributed by atoms with E-state index in [4.69, 9.17) is 14.2 Å². The molecule has 0 radical (unpaired) electrons. The quantitative estimate of drug-likeness (QED) is 0.785. The summed E-state index contributed by atoms with van der Waals surface area (Å²) in [7, 11) is 2.99. The second kappa shape index (κ2) is 8.58. The number of carbonyl (C=O) groups is 2. The minimum Gasteiger partial charge on any atom is -0.494 e. The van der Waals surface area contributed by atoms with Crippen LogP contribution in [0.2, 0.25) is 0 Å². The van der Waals surface area contributed by atoms with Crippen molar-refractivity contribution in [2.75, 3.05) is 20.8 Å². The van der Waals surface area contributed by atoms with E-state index in [0.717, 1.165) is 0 Å². The zero-order chi connectivity index (χ0) is 18.2. The smallest absolute Gasteiger partial charge is 0.269 e. The van der Waals surface area contributed by atoms with Gasteiger partial charge in [0.1, 0.15) is 5.75 Å². The van der Waals surface area contributed by atoms with E-state index in [1.807, 2.05) is 6.92 Å². The van der Waals surface area contributed by atoms with E-state index in [2.05, 4.69) is 10.9 Å². The maximum Gasteiger partial charge on any atom is 0.269 e. The van der Waals surface area contributed by atoms with Gasteiger partial charge in [0.15, 0.2) is 11.5 Å². The Bertz CT molecular complexity index is 744. The van der Waals surface area contributed by atoms with Gasteiger partial charge in [0.05, 0.1) is 20.8 Å². The molecule has 0 saturated carbocycles. The molecule has 0 saturated heterocycles. The predicted molar refractivity (Wildman–Crippen MR) is 92.1 cm³/mol. The Labute approximate surface area is 145 Å². The molecule has 2 rings (SSSR count). The number of hydrogen-bond donors (Lipinski definition) is 2. The zero-order valence-corrected chi connectivity index (χ0v) is 14.3. The van der Waals surface area contributed by atoms with Crippen molar-refractivity contribution in [3.8, 4) is 17.2 Å². The lowest BCUT2D eigenvalue weighted by molar-refractivity contribution is 0.0846. The number of rotatable bonds is 6. The number of nitrogens with one attached hydrogen (secondary N) is 2. The number of ether oxygens (including phenoxy) is 3. The Hall–Kier alpha value is -3.22. The number of hydrazine groups is 1. The summed E-state index contributed by atoms with van der Waals surface area (Å²) < 4.78 is 15.6. The van der Waals surface area contributed by atoms with Crippen molar-refractivity contribution in [1.29, 1.82) is 0 Å². The Morgan fingerprint density at radius 1 is 0.840 bits per heavy atom. The molecule has 132 valence electrons. The molecular formula is C18H20N2O5. The normalized spacial score (nSPS) is 9.88. The molecule has 2 aromatic rings. The van der Waals surface area contributed by atoms with Gasteiger partial charge in [0.25, 0.3) is 11.8 Å². The second-order valence-electron chi connectivity index (χ2n) is 4.94. The third kappa shape index (κ3) is 4.63. The van der Waals surface area contributed by atoms with Crippen LogP contribution in [0.4, 0.5) is 0 Å². The molecular weight excluding hydrogens is 324 g/mol. The van der Waals surface area contributed by atoms with Crippen molar-refractivity contribution in [1.82, 2.24) is 10.9 Å². The Morgan fingerprint density at radius 2 is 1.40 bits per heavy atom. The number of methoxy groups -OCH3 is 2. The Morgan fingerprint density at radius 3 is 1.96 bits per heavy atom. The van der Waals surface area contributed by atoms with Crippen molar-refractivity contribution in [3.63, 3.8) is 0 Å². The van der Waals surface area contributed by atoms with Crippen LogP contribution in [0.5, 0.6) is 17.2 Å². The fourth-order valence-electron chi connectivity index (χ4n) is 2.10. The maximum atomic E-state index is 12.1. The molecule has 0 atom stereocenters. The third-order valence-corrected chi connectivity index (χ3v) is 3.36. The van der Waals surface area contributed by atoms with Gasteiger partial charge in [-0.1, -0.05) is 0 Å². The highest BCUT2D eigenvalue weighted by Gasteiger charge is 2.12. The fourth-order valence-corrected chi connectivity index (χ4v) is 2.10. The standard InChI is InChI=1S/C18H20N2O5/c1-4-25-14-8-5-12(6-9-14)17(21)19-20-18(22)13-7-10-15(23-2)16(11-13)24-3/h5-11H,4H2,1-3H3,(H,19,21)(H,20,22). The largest absolute Gasteiger partial charge is 0.494 e. The summed E-state index contributed by atoms with van der Waals surface area (Å²) in [5, 5.41) is 0. The molecule has 0 aliphatic rings. The third-order valence-electron chi connectivity index (χ3n) is 3.36. The van der Waals surface area contributed by atoms with E-state index in [1.54, 1.807) is 36.4 Å². The lowest BCUT2D eigenvalue weighted by Gasteiger charge is -2.11. The maximum absolute atomic E-state index is 12.1. The van der Waals surface area contributed by atoms with Gasteiger partial charge in [0, 0.05) is 11.1 Å². The first-order valence-corrected chi connectivity index (χ1v) is 7.64. The SMILES string of the molecule is CCOc1ccc(C(=O)NNC(=O)c2ccc(OC)c(OC)c2)cc1. The molecule has 0 bridgehead atoms. The van der Waals surface area contributed by atoms with Crippen LogP contribution in [0.3, 0.4) is 0 Å². The minimum atomic E-state index is -0.472. The van der Waals surface area contributed by atoms with Gasteiger partial charge < -0.3 is 14.2 Å². The highest BCUT2D eigenvalue weighted by molar-refractivity contribution is 5.99. The monoisotopic (exact) mass is 344 g/mol. The first-order chi connectivity index (χ1) is 12.1. The van der Waals surface area contributed by atoms with Gasteiger partial charge in [-0.05, 0) is 49.4 Å². The van der Waals surface area contributed by atoms with E-state index in [0.29, 0.717) is 35.0 Å². The Balaban J connectivity index is 1.98. The van der Waals surface area contributed by atoms with Gasteiger partial charge in [-0.15, -0.1) is 0 Å². The summed E-state index contributed by atoms with van der Waals surface area (Å²) >= 11 is 0. The van der Waals surface area contributed by atoms with Gasteiger partial charge in [-0.3, -0.25) is 20.4 Å². The van der Waals surface area contributed by atoms with E-state index in [1.165, 1.54) is 20.3 Å². The molecule has 7 nitrogen and oxygen atoms in total. The van der Waals surface area contributed by atoms with Gasteiger partial charge in [-0.25, -0.2) is 0 Å². The predicted octanol–water partition coefficient (Wildman–Crippen LogP) is 2.18. The van der Waals surface area contributed by atoms with E-state index in [9.17, 15) is 9.59 Å². The first kappa shape index (κ1) is 18.1. The molecule has 25 heavy (non-hydrogen) atoms. The van der Waals surface area contributed by atoms with Crippen LogP contribution in [0.25, 0.3) is 0 Å². The molecule has 0 spiro atoms. The van der Waals surface area contributed by atoms with Crippen LogP contribution in [0, 0.1) is 0 Å². The second-order valence-corrected chi connectivity index (χ2v) is 4.94. The van der Waals surface area contributed by atoms with Crippen LogP contribution in [-0.4, -0.2) is 32.6 Å². The zero-order valence-electron chi connectivity index (χ0n) is 14.3. The van der Waals surface area contributed by atoms with E-state index in [-0.39, 0.29) is 0 Å². The summed E-state index contributed by atoms with van der Waals surface area (Å²) in [6.45, 7) is 2.43. The minimum absolute atomic E-state index is 0.324. The van der Waals surface area contributed by atoms with Gasteiger partial charge >= 0.3 is 0 Å². The average Bonchev–Trinajstić information content (AvgIpc) is 2.66. The lowest BCUT2D eigenvalue weighted by atomic mass is 10.2. The van der Waals surface area contributed by atoms with Crippen LogP contribution < -0.4 is 25.1 Å². The van der Waals surface area contributed by atoms with Gasteiger partial charge in [-0.2, -0.15) is 0 Å². The Kier molecular flexibility index (Phi) is 6.22. The topological polar surface area (TPSA) is 85.9 Å². The van der Waals surface area contributed by atoms with Crippen molar-refractivity contribution in [3.05, 3.63) is 53.6 Å². The summed E-state index contributed by atoms with van der Waals surface area (Å²) in [6.07, 6.45) is 0. The summed E-state index contributed by atoms with van der Waals surface area (Å²) in [5.41, 5.74) is 5.45. The van der Waals surface area contributed by atoms with Gasteiger partial charge in [0.2, 0.25) is 0 Å². The van der Waals surface area contributed by atoms with Crippen LogP contribution in [0.15, 0.2) is 42.5 Å². The summed E-state index contributed by atoms with van der Waals surface area (Å²) in [4.78, 5) is 24.2. The van der Waals surface area contributed by atoms with E-state index >= 15 is 0 Å². The highest BCUT2D eigenvalue weighted by Crippen LogP contribution is 2.27. The lowest BCUT2D eigenvalue weighted by Crippen LogP contribution is -2.41. The average molecular weight is 344 g/mol. The molecule has 2 aromatic carbocycles. The number of benzene rings is 2. The van der Waals surface area contributed by atoms with Crippen LogP contribution in [-0.2, 0) is 0 Å². The van der Waals surface area contributed by atoms with Crippen LogP contribution in [0.1, 0.15) is 27.6 Å². The molecule has 0 fully saturated rings. The number of carbonyl (C=O) groups excluding carboxylic acids is 2. The first-order valence-electron chi connectivity index (χ1n) is 7.64. The molecule has 0 aromatic heterocycles. The number of amides is 2. The van der Waals surface area contributed by atoms with Crippen molar-refractivity contribution >= 4 is 11.8 Å². The molecule has 0 aliphatic carbocycles. The van der Waals surface area contributed by atoms with Crippen molar-refractivity contribution < 1.29 is 23.8 Å².